The number of nitrogens with one attached hydrogen (secondary N) is 1. The number of hydrogen-bond donors (Lipinski definition) is 2. The molecule has 5 heteroatoms. The Morgan fingerprint density at radius 2 is 1.88 bits per heavy atom. The van der Waals surface area contributed by atoms with Crippen LogP contribution in [0.5, 0.6) is 0 Å². The van der Waals surface area contributed by atoms with E-state index in [0.29, 0.717) is 19.4 Å². The van der Waals surface area contributed by atoms with Gasteiger partial charge in [-0.05, 0) is 24.8 Å². The van der Waals surface area contributed by atoms with Gasteiger partial charge < -0.3 is 10.4 Å². The van der Waals surface area contributed by atoms with Crippen molar-refractivity contribution in [1.82, 2.24) is 5.32 Å². The predicted octanol–water partition coefficient (Wildman–Crippen LogP) is 0.808. The molecule has 1 unspecified atom stereocenters. The van der Waals surface area contributed by atoms with Gasteiger partial charge in [0.05, 0.1) is 5.75 Å². The molecule has 0 amide bonds. The van der Waals surface area contributed by atoms with Crippen LogP contribution in [0.3, 0.4) is 0 Å². The summed E-state index contributed by atoms with van der Waals surface area (Å²) in [5.41, 5.74) is 0.0772. The summed E-state index contributed by atoms with van der Waals surface area (Å²) in [5.74, 6) is 0.218. The summed E-state index contributed by atoms with van der Waals surface area (Å²) in [6, 6.07) is 0.220. The molecule has 0 fully saturated rings. The lowest BCUT2D eigenvalue weighted by Gasteiger charge is -2.31. The highest BCUT2D eigenvalue weighted by atomic mass is 32.2. The van der Waals surface area contributed by atoms with Crippen molar-refractivity contribution >= 4 is 9.84 Å². The van der Waals surface area contributed by atoms with Crippen molar-refractivity contribution in [2.75, 3.05) is 25.2 Å². The van der Waals surface area contributed by atoms with Gasteiger partial charge in [0.2, 0.25) is 0 Å². The second-order valence-electron chi connectivity index (χ2n) is 5.37. The van der Waals surface area contributed by atoms with Crippen LogP contribution in [-0.2, 0) is 9.84 Å². The Bertz CT molecular complexity index is 280. The lowest BCUT2D eigenvalue weighted by atomic mass is 9.85. The maximum absolute atomic E-state index is 10.9. The minimum absolute atomic E-state index is 0.0772. The first kappa shape index (κ1) is 15.9. The van der Waals surface area contributed by atoms with Gasteiger partial charge in [0, 0.05) is 18.9 Å². The third-order valence-electron chi connectivity index (χ3n) is 2.55. The Balaban J connectivity index is 3.95. The molecule has 0 aliphatic rings. The minimum atomic E-state index is -2.86. The highest BCUT2D eigenvalue weighted by Gasteiger charge is 2.23. The molecule has 98 valence electrons. The highest BCUT2D eigenvalue weighted by Crippen LogP contribution is 2.21. The smallest absolute Gasteiger partial charge is 0.147 e. The molecule has 0 saturated heterocycles. The molecule has 0 aliphatic carbocycles. The molecule has 0 aromatic heterocycles. The Labute approximate surface area is 99.4 Å². The van der Waals surface area contributed by atoms with E-state index in [4.69, 9.17) is 5.11 Å². The van der Waals surface area contributed by atoms with Crippen LogP contribution in [0.4, 0.5) is 0 Å². The van der Waals surface area contributed by atoms with E-state index >= 15 is 0 Å². The van der Waals surface area contributed by atoms with Crippen molar-refractivity contribution in [3.63, 3.8) is 0 Å². The number of aliphatic hydroxyl groups excluding tert-OH is 1. The number of hydrogen-bond acceptors (Lipinski definition) is 4. The zero-order valence-corrected chi connectivity index (χ0v) is 11.6. The fraction of sp³-hybridized carbons (Fsp3) is 1.00. The Hall–Kier alpha value is -0.130. The third kappa shape index (κ3) is 8.07. The standard InChI is InChI=1S/C11H25NO3S/c1-11(2,3)10(6-8-13)12-7-5-9-16(4,14)15/h10,12-13H,5-9H2,1-4H3. The monoisotopic (exact) mass is 251 g/mol. The summed E-state index contributed by atoms with van der Waals surface area (Å²) in [6.45, 7) is 7.15. The SMILES string of the molecule is CC(C)(C)C(CCO)NCCCS(C)(=O)=O. The van der Waals surface area contributed by atoms with Gasteiger partial charge >= 0.3 is 0 Å². The fourth-order valence-electron chi connectivity index (χ4n) is 1.58. The largest absolute Gasteiger partial charge is 0.396 e. The van der Waals surface area contributed by atoms with E-state index in [1.165, 1.54) is 6.26 Å². The summed E-state index contributed by atoms with van der Waals surface area (Å²) in [7, 11) is -2.86. The van der Waals surface area contributed by atoms with Gasteiger partial charge in [-0.1, -0.05) is 20.8 Å². The average Bonchev–Trinajstić information content (AvgIpc) is 2.06. The number of aliphatic hydroxyl groups is 1. The first-order chi connectivity index (χ1) is 7.17. The lowest BCUT2D eigenvalue weighted by Crippen LogP contribution is -2.41. The second-order valence-corrected chi connectivity index (χ2v) is 7.63. The van der Waals surface area contributed by atoms with Crippen molar-refractivity contribution in [1.29, 1.82) is 0 Å². The van der Waals surface area contributed by atoms with Gasteiger partial charge in [0.15, 0.2) is 0 Å². The van der Waals surface area contributed by atoms with Crippen molar-refractivity contribution in [2.45, 2.75) is 39.7 Å². The molecule has 0 aromatic rings. The zero-order valence-electron chi connectivity index (χ0n) is 10.8. The van der Waals surface area contributed by atoms with Gasteiger partial charge in [-0.25, -0.2) is 8.42 Å². The van der Waals surface area contributed by atoms with Crippen molar-refractivity contribution in [3.05, 3.63) is 0 Å². The van der Waals surface area contributed by atoms with Gasteiger partial charge in [-0.3, -0.25) is 0 Å². The van der Waals surface area contributed by atoms with Crippen molar-refractivity contribution in [3.8, 4) is 0 Å². The molecule has 0 spiro atoms. The van der Waals surface area contributed by atoms with Gasteiger partial charge in [-0.15, -0.1) is 0 Å². The molecule has 0 saturated carbocycles. The first-order valence-electron chi connectivity index (χ1n) is 5.69. The zero-order chi connectivity index (χ0) is 12.8. The second kappa shape index (κ2) is 6.57. The summed E-state index contributed by atoms with van der Waals surface area (Å²) < 4.78 is 21.9. The van der Waals surface area contributed by atoms with Crippen LogP contribution in [0.15, 0.2) is 0 Å². The van der Waals surface area contributed by atoms with Crippen LogP contribution >= 0.6 is 0 Å². The van der Waals surface area contributed by atoms with Crippen LogP contribution in [0.25, 0.3) is 0 Å². The van der Waals surface area contributed by atoms with E-state index in [1.54, 1.807) is 0 Å². The predicted molar refractivity (Wildman–Crippen MR) is 67.3 cm³/mol. The molecule has 1 atom stereocenters. The Morgan fingerprint density at radius 3 is 2.25 bits per heavy atom. The van der Waals surface area contributed by atoms with Crippen LogP contribution in [0.1, 0.15) is 33.6 Å². The molecule has 4 nitrogen and oxygen atoms in total. The molecular formula is C11H25NO3S. The van der Waals surface area contributed by atoms with Crippen LogP contribution in [0, 0.1) is 5.41 Å². The van der Waals surface area contributed by atoms with E-state index in [1.807, 2.05) is 0 Å². The normalized spacial score (nSPS) is 15.1. The topological polar surface area (TPSA) is 66.4 Å². The van der Waals surface area contributed by atoms with Crippen LogP contribution in [-0.4, -0.2) is 44.7 Å². The van der Waals surface area contributed by atoms with E-state index in [-0.39, 0.29) is 23.8 Å². The summed E-state index contributed by atoms with van der Waals surface area (Å²) >= 11 is 0. The highest BCUT2D eigenvalue weighted by molar-refractivity contribution is 7.90. The van der Waals surface area contributed by atoms with Gasteiger partial charge in [0.25, 0.3) is 0 Å². The number of rotatable bonds is 7. The first-order valence-corrected chi connectivity index (χ1v) is 7.75. The summed E-state index contributed by atoms with van der Waals surface area (Å²) in [4.78, 5) is 0. The molecule has 0 bridgehead atoms. The molecule has 2 N–H and O–H groups in total. The molecule has 0 heterocycles. The summed E-state index contributed by atoms with van der Waals surface area (Å²) in [6.07, 6.45) is 2.57. The third-order valence-corrected chi connectivity index (χ3v) is 3.58. The summed E-state index contributed by atoms with van der Waals surface area (Å²) in [5, 5.41) is 12.3. The molecular weight excluding hydrogens is 226 g/mol. The fourth-order valence-corrected chi connectivity index (χ4v) is 2.25. The van der Waals surface area contributed by atoms with Gasteiger partial charge in [-0.2, -0.15) is 0 Å². The minimum Gasteiger partial charge on any atom is -0.396 e. The lowest BCUT2D eigenvalue weighted by molar-refractivity contribution is 0.198. The van der Waals surface area contributed by atoms with E-state index in [9.17, 15) is 8.42 Å². The molecule has 0 aromatic carbocycles. The molecule has 0 aliphatic heterocycles. The molecule has 0 rings (SSSR count). The van der Waals surface area contributed by atoms with E-state index in [2.05, 4.69) is 26.1 Å². The van der Waals surface area contributed by atoms with E-state index < -0.39 is 9.84 Å². The maximum atomic E-state index is 10.9. The van der Waals surface area contributed by atoms with Gasteiger partial charge in [0.1, 0.15) is 9.84 Å². The maximum Gasteiger partial charge on any atom is 0.147 e. The Morgan fingerprint density at radius 1 is 1.31 bits per heavy atom. The average molecular weight is 251 g/mol. The quantitative estimate of drug-likeness (QED) is 0.657. The number of sulfone groups is 1. The molecule has 0 radical (unpaired) electrons. The molecule has 16 heavy (non-hydrogen) atoms. The van der Waals surface area contributed by atoms with Crippen LogP contribution in [0.2, 0.25) is 0 Å². The van der Waals surface area contributed by atoms with Crippen molar-refractivity contribution < 1.29 is 13.5 Å². The van der Waals surface area contributed by atoms with Crippen LogP contribution < -0.4 is 5.32 Å². The van der Waals surface area contributed by atoms with Crippen molar-refractivity contribution in [2.24, 2.45) is 5.41 Å². The Kier molecular flexibility index (Phi) is 6.51. The van der Waals surface area contributed by atoms with E-state index in [0.717, 1.165) is 0 Å².